The topological polar surface area (TPSA) is 43.6 Å². The highest BCUT2D eigenvalue weighted by atomic mass is 16.5. The number of pyridine rings is 1. The normalized spacial score (nSPS) is 10.6. The first-order valence-corrected chi connectivity index (χ1v) is 4.68. The summed E-state index contributed by atoms with van der Waals surface area (Å²) in [5.74, 6) is -0.393. The molecule has 0 aliphatic carbocycles. The molecule has 4 nitrogen and oxygen atoms in total. The number of hydrogen-bond acceptors (Lipinski definition) is 3. The molecule has 0 aliphatic rings. The van der Waals surface area contributed by atoms with Gasteiger partial charge in [0.2, 0.25) is 0 Å². The molecule has 0 amide bonds. The van der Waals surface area contributed by atoms with Gasteiger partial charge >= 0.3 is 5.97 Å². The van der Waals surface area contributed by atoms with Crippen molar-refractivity contribution in [2.45, 2.75) is 13.8 Å². The number of carbonyl (C=O) groups excluding carboxylic acids is 1. The van der Waals surface area contributed by atoms with Crippen LogP contribution in [-0.4, -0.2) is 22.5 Å². The Bertz CT molecular complexity index is 529. The van der Waals surface area contributed by atoms with E-state index in [-0.39, 0.29) is 0 Å². The number of aryl methyl sites for hydroxylation is 2. The Morgan fingerprint density at radius 1 is 1.40 bits per heavy atom. The van der Waals surface area contributed by atoms with Crippen LogP contribution in [0.3, 0.4) is 0 Å². The molecule has 0 spiro atoms. The Morgan fingerprint density at radius 2 is 2.13 bits per heavy atom. The van der Waals surface area contributed by atoms with Gasteiger partial charge in [-0.25, -0.2) is 9.78 Å². The van der Waals surface area contributed by atoms with Crippen LogP contribution in [-0.2, 0) is 4.74 Å². The quantitative estimate of drug-likeness (QED) is 0.664. The molecule has 2 rings (SSSR count). The molecule has 0 atom stereocenters. The minimum absolute atomic E-state index is 0.381. The standard InChI is InChI=1S/C11H12N2O2/c1-7-5-4-6-9-12-10(11(14)15-3)8(2)13(7)9/h4-6H,1-3H3. The van der Waals surface area contributed by atoms with Gasteiger partial charge in [0, 0.05) is 5.69 Å². The van der Waals surface area contributed by atoms with E-state index >= 15 is 0 Å². The first-order valence-electron chi connectivity index (χ1n) is 4.68. The molecule has 0 saturated carbocycles. The summed E-state index contributed by atoms with van der Waals surface area (Å²) in [6.07, 6.45) is 0. The average Bonchev–Trinajstić information content (AvgIpc) is 2.56. The lowest BCUT2D eigenvalue weighted by atomic mass is 10.3. The number of esters is 1. The Morgan fingerprint density at radius 3 is 2.73 bits per heavy atom. The number of fused-ring (bicyclic) bond motifs is 1. The second-order valence-electron chi connectivity index (χ2n) is 3.40. The fourth-order valence-electron chi connectivity index (χ4n) is 1.72. The Kier molecular flexibility index (Phi) is 2.19. The number of methoxy groups -OCH3 is 1. The van der Waals surface area contributed by atoms with Crippen molar-refractivity contribution in [2.75, 3.05) is 7.11 Å². The first kappa shape index (κ1) is 9.71. The maximum atomic E-state index is 11.4. The van der Waals surface area contributed by atoms with Crippen LogP contribution >= 0.6 is 0 Å². The van der Waals surface area contributed by atoms with Crippen LogP contribution in [0.25, 0.3) is 5.65 Å². The molecule has 2 aromatic rings. The van der Waals surface area contributed by atoms with E-state index in [1.54, 1.807) is 0 Å². The van der Waals surface area contributed by atoms with E-state index in [9.17, 15) is 4.79 Å². The van der Waals surface area contributed by atoms with Crippen molar-refractivity contribution in [3.8, 4) is 0 Å². The molecule has 15 heavy (non-hydrogen) atoms. The zero-order valence-electron chi connectivity index (χ0n) is 8.94. The highest BCUT2D eigenvalue weighted by Gasteiger charge is 2.16. The van der Waals surface area contributed by atoms with E-state index in [0.29, 0.717) is 5.69 Å². The summed E-state index contributed by atoms with van der Waals surface area (Å²) >= 11 is 0. The highest BCUT2D eigenvalue weighted by Crippen LogP contribution is 2.14. The van der Waals surface area contributed by atoms with Crippen LogP contribution < -0.4 is 0 Å². The molecule has 0 N–H and O–H groups in total. The van der Waals surface area contributed by atoms with E-state index in [1.165, 1.54) is 7.11 Å². The van der Waals surface area contributed by atoms with Crippen molar-refractivity contribution in [1.29, 1.82) is 0 Å². The largest absolute Gasteiger partial charge is 0.464 e. The van der Waals surface area contributed by atoms with E-state index in [1.807, 2.05) is 36.4 Å². The van der Waals surface area contributed by atoms with Gasteiger partial charge in [-0.2, -0.15) is 0 Å². The van der Waals surface area contributed by atoms with Gasteiger partial charge in [-0.15, -0.1) is 0 Å². The molecular formula is C11H12N2O2. The smallest absolute Gasteiger partial charge is 0.358 e. The van der Waals surface area contributed by atoms with E-state index in [4.69, 9.17) is 0 Å². The number of carbonyl (C=O) groups is 1. The van der Waals surface area contributed by atoms with Gasteiger partial charge in [-0.05, 0) is 26.0 Å². The summed E-state index contributed by atoms with van der Waals surface area (Å²) in [5.41, 5.74) is 3.02. The Balaban J connectivity index is 2.75. The van der Waals surface area contributed by atoms with Crippen LogP contribution in [0.1, 0.15) is 21.9 Å². The molecule has 2 aromatic heterocycles. The van der Waals surface area contributed by atoms with Crippen LogP contribution in [0, 0.1) is 13.8 Å². The molecule has 0 saturated heterocycles. The average molecular weight is 204 g/mol. The molecule has 0 aliphatic heterocycles. The van der Waals surface area contributed by atoms with Gasteiger partial charge in [-0.3, -0.25) is 0 Å². The summed E-state index contributed by atoms with van der Waals surface area (Å²) in [5, 5.41) is 0. The summed E-state index contributed by atoms with van der Waals surface area (Å²) in [6.45, 7) is 3.84. The molecular weight excluding hydrogens is 192 g/mol. The summed E-state index contributed by atoms with van der Waals surface area (Å²) < 4.78 is 6.61. The van der Waals surface area contributed by atoms with Crippen LogP contribution in [0.4, 0.5) is 0 Å². The Labute approximate surface area is 87.5 Å². The van der Waals surface area contributed by atoms with Gasteiger partial charge in [0.15, 0.2) is 5.69 Å². The lowest BCUT2D eigenvalue weighted by Gasteiger charge is -2.00. The number of hydrogen-bond donors (Lipinski definition) is 0. The predicted octanol–water partition coefficient (Wildman–Crippen LogP) is 1.74. The number of nitrogens with zero attached hydrogens (tertiary/aromatic N) is 2. The molecule has 0 unspecified atom stereocenters. The third-order valence-electron chi connectivity index (χ3n) is 2.45. The molecule has 78 valence electrons. The lowest BCUT2D eigenvalue weighted by molar-refractivity contribution is 0.0594. The van der Waals surface area contributed by atoms with Crippen LogP contribution in [0.5, 0.6) is 0 Å². The summed E-state index contributed by atoms with van der Waals surface area (Å²) in [7, 11) is 1.36. The molecule has 0 bridgehead atoms. The lowest BCUT2D eigenvalue weighted by Crippen LogP contribution is -2.04. The zero-order chi connectivity index (χ0) is 11.0. The molecule has 2 heterocycles. The van der Waals surface area contributed by atoms with Crippen molar-refractivity contribution in [3.05, 3.63) is 35.3 Å². The SMILES string of the molecule is COC(=O)c1nc2cccc(C)n2c1C. The molecule has 4 heteroatoms. The van der Waals surface area contributed by atoms with Crippen molar-refractivity contribution < 1.29 is 9.53 Å². The van der Waals surface area contributed by atoms with Crippen molar-refractivity contribution in [1.82, 2.24) is 9.38 Å². The number of aromatic nitrogens is 2. The molecule has 0 fully saturated rings. The van der Waals surface area contributed by atoms with Gasteiger partial charge < -0.3 is 9.14 Å². The molecule has 0 radical (unpaired) electrons. The van der Waals surface area contributed by atoms with Crippen LogP contribution in [0.2, 0.25) is 0 Å². The molecule has 0 aromatic carbocycles. The predicted molar refractivity (Wildman–Crippen MR) is 56.0 cm³/mol. The van der Waals surface area contributed by atoms with E-state index in [2.05, 4.69) is 9.72 Å². The van der Waals surface area contributed by atoms with Gasteiger partial charge in [0.1, 0.15) is 5.65 Å². The van der Waals surface area contributed by atoms with Gasteiger partial charge in [0.05, 0.1) is 12.8 Å². The summed E-state index contributed by atoms with van der Waals surface area (Å²) in [6, 6.07) is 5.76. The van der Waals surface area contributed by atoms with Gasteiger partial charge in [-0.1, -0.05) is 6.07 Å². The maximum Gasteiger partial charge on any atom is 0.358 e. The summed E-state index contributed by atoms with van der Waals surface area (Å²) in [4.78, 5) is 15.6. The maximum absolute atomic E-state index is 11.4. The van der Waals surface area contributed by atoms with Gasteiger partial charge in [0.25, 0.3) is 0 Å². The van der Waals surface area contributed by atoms with Crippen LogP contribution in [0.15, 0.2) is 18.2 Å². The first-order chi connectivity index (χ1) is 7.15. The second kappa shape index (κ2) is 3.38. The fourth-order valence-corrected chi connectivity index (χ4v) is 1.72. The second-order valence-corrected chi connectivity index (χ2v) is 3.40. The minimum Gasteiger partial charge on any atom is -0.464 e. The monoisotopic (exact) mass is 204 g/mol. The Hall–Kier alpha value is -1.84. The third kappa shape index (κ3) is 1.38. The van der Waals surface area contributed by atoms with Crippen molar-refractivity contribution in [2.24, 2.45) is 0 Å². The van der Waals surface area contributed by atoms with E-state index in [0.717, 1.165) is 17.0 Å². The minimum atomic E-state index is -0.393. The third-order valence-corrected chi connectivity index (χ3v) is 2.45. The number of rotatable bonds is 1. The number of imidazole rings is 1. The van der Waals surface area contributed by atoms with Crippen molar-refractivity contribution >= 4 is 11.6 Å². The van der Waals surface area contributed by atoms with E-state index < -0.39 is 5.97 Å². The highest BCUT2D eigenvalue weighted by molar-refractivity contribution is 5.89. The zero-order valence-corrected chi connectivity index (χ0v) is 8.94. The number of ether oxygens (including phenoxy) is 1. The van der Waals surface area contributed by atoms with Crippen molar-refractivity contribution in [3.63, 3.8) is 0 Å². The fraction of sp³-hybridized carbons (Fsp3) is 0.273.